The van der Waals surface area contributed by atoms with Crippen molar-refractivity contribution < 1.29 is 22.7 Å². The van der Waals surface area contributed by atoms with Crippen molar-refractivity contribution in [3.63, 3.8) is 0 Å². The highest BCUT2D eigenvalue weighted by Crippen LogP contribution is 2.19. The quantitative estimate of drug-likeness (QED) is 0.796. The molecule has 0 aliphatic carbocycles. The Morgan fingerprint density at radius 1 is 1.13 bits per heavy atom. The Balaban J connectivity index is 1.59. The van der Waals surface area contributed by atoms with Gasteiger partial charge in [-0.25, -0.2) is 13.2 Å². The van der Waals surface area contributed by atoms with Crippen molar-refractivity contribution in [2.24, 2.45) is 0 Å². The average Bonchev–Trinajstić information content (AvgIpc) is 3.06. The molecular formula is C16H19F3N2O2. The van der Waals surface area contributed by atoms with Gasteiger partial charge in [-0.2, -0.15) is 0 Å². The van der Waals surface area contributed by atoms with Gasteiger partial charge in [0, 0.05) is 39.3 Å². The zero-order chi connectivity index (χ0) is 16.4. The smallest absolute Gasteiger partial charge is 0.257 e. The third-order valence-electron chi connectivity index (χ3n) is 4.41. The fourth-order valence-electron chi connectivity index (χ4n) is 3.07. The molecule has 23 heavy (non-hydrogen) atoms. The van der Waals surface area contributed by atoms with Crippen molar-refractivity contribution in [2.45, 2.75) is 18.9 Å². The maximum Gasteiger partial charge on any atom is 0.257 e. The molecule has 1 aromatic carbocycles. The molecule has 0 saturated carbocycles. The first-order valence-corrected chi connectivity index (χ1v) is 7.83. The molecule has 1 unspecified atom stereocenters. The van der Waals surface area contributed by atoms with Crippen molar-refractivity contribution >= 4 is 5.91 Å². The van der Waals surface area contributed by atoms with Crippen molar-refractivity contribution in [3.8, 4) is 0 Å². The minimum Gasteiger partial charge on any atom is -0.377 e. The van der Waals surface area contributed by atoms with Crippen molar-refractivity contribution in [3.05, 3.63) is 35.1 Å². The molecular weight excluding hydrogens is 309 g/mol. The lowest BCUT2D eigenvalue weighted by Crippen LogP contribution is -2.50. The van der Waals surface area contributed by atoms with Gasteiger partial charge in [0.2, 0.25) is 0 Å². The molecule has 2 aliphatic heterocycles. The van der Waals surface area contributed by atoms with Gasteiger partial charge in [0.05, 0.1) is 11.7 Å². The second-order valence-corrected chi connectivity index (χ2v) is 5.95. The van der Waals surface area contributed by atoms with E-state index in [-0.39, 0.29) is 6.10 Å². The molecule has 126 valence electrons. The summed E-state index contributed by atoms with van der Waals surface area (Å²) in [7, 11) is 0. The number of hydrogen-bond donors (Lipinski definition) is 0. The van der Waals surface area contributed by atoms with Crippen LogP contribution in [0.3, 0.4) is 0 Å². The highest BCUT2D eigenvalue weighted by atomic mass is 19.2. The van der Waals surface area contributed by atoms with Crippen molar-refractivity contribution in [1.82, 2.24) is 9.80 Å². The molecule has 2 heterocycles. The van der Waals surface area contributed by atoms with Gasteiger partial charge in [-0.1, -0.05) is 0 Å². The van der Waals surface area contributed by atoms with Crippen LogP contribution in [0.2, 0.25) is 0 Å². The van der Waals surface area contributed by atoms with E-state index in [2.05, 4.69) is 4.90 Å². The third-order valence-corrected chi connectivity index (χ3v) is 4.41. The largest absolute Gasteiger partial charge is 0.377 e. The zero-order valence-electron chi connectivity index (χ0n) is 12.7. The van der Waals surface area contributed by atoms with Gasteiger partial charge in [-0.05, 0) is 25.0 Å². The Hall–Kier alpha value is -1.60. The summed E-state index contributed by atoms with van der Waals surface area (Å²) in [4.78, 5) is 16.0. The van der Waals surface area contributed by atoms with Gasteiger partial charge >= 0.3 is 0 Å². The first-order valence-electron chi connectivity index (χ1n) is 7.83. The molecule has 2 saturated heterocycles. The number of halogens is 3. The SMILES string of the molecule is O=C(c1ccc(F)c(F)c1F)N1CCN(CC2CCCO2)CC1. The van der Waals surface area contributed by atoms with E-state index in [4.69, 9.17) is 4.74 Å². The average molecular weight is 328 g/mol. The maximum atomic E-state index is 13.7. The number of ether oxygens (including phenoxy) is 1. The number of rotatable bonds is 3. The molecule has 2 fully saturated rings. The molecule has 2 aliphatic rings. The Morgan fingerprint density at radius 2 is 1.87 bits per heavy atom. The standard InChI is InChI=1S/C16H19F3N2O2/c17-13-4-3-12(14(18)15(13)19)16(22)21-7-5-20(6-8-21)10-11-2-1-9-23-11/h3-4,11H,1-2,5-10H2. The van der Waals surface area contributed by atoms with Crippen LogP contribution in [-0.2, 0) is 4.74 Å². The summed E-state index contributed by atoms with van der Waals surface area (Å²) >= 11 is 0. The Kier molecular flexibility index (Phi) is 4.87. The number of benzene rings is 1. The van der Waals surface area contributed by atoms with Gasteiger partial charge in [-0.15, -0.1) is 0 Å². The van der Waals surface area contributed by atoms with Crippen LogP contribution < -0.4 is 0 Å². The molecule has 4 nitrogen and oxygen atoms in total. The molecule has 0 aromatic heterocycles. The van der Waals surface area contributed by atoms with Crippen LogP contribution in [-0.4, -0.2) is 61.1 Å². The highest BCUT2D eigenvalue weighted by molar-refractivity contribution is 5.94. The second kappa shape index (κ2) is 6.88. The predicted molar refractivity (Wildman–Crippen MR) is 77.6 cm³/mol. The minimum absolute atomic E-state index is 0.251. The fourth-order valence-corrected chi connectivity index (χ4v) is 3.07. The van der Waals surface area contributed by atoms with E-state index in [0.29, 0.717) is 26.2 Å². The van der Waals surface area contributed by atoms with E-state index in [1.165, 1.54) is 4.90 Å². The molecule has 0 bridgehead atoms. The first-order chi connectivity index (χ1) is 11.1. The highest BCUT2D eigenvalue weighted by Gasteiger charge is 2.28. The van der Waals surface area contributed by atoms with Gasteiger partial charge < -0.3 is 9.64 Å². The summed E-state index contributed by atoms with van der Waals surface area (Å²) in [6, 6.07) is 1.77. The van der Waals surface area contributed by atoms with Crippen LogP contribution in [0.1, 0.15) is 23.2 Å². The summed E-state index contributed by atoms with van der Waals surface area (Å²) in [5, 5.41) is 0. The zero-order valence-corrected chi connectivity index (χ0v) is 12.7. The molecule has 0 spiro atoms. The monoisotopic (exact) mass is 328 g/mol. The first kappa shape index (κ1) is 16.3. The Labute approximate surface area is 132 Å². The number of amides is 1. The summed E-state index contributed by atoms with van der Waals surface area (Å²) < 4.78 is 45.5. The van der Waals surface area contributed by atoms with Crippen LogP contribution in [0.4, 0.5) is 13.2 Å². The van der Waals surface area contributed by atoms with Gasteiger partial charge in [0.15, 0.2) is 17.5 Å². The van der Waals surface area contributed by atoms with Crippen LogP contribution in [0.25, 0.3) is 0 Å². The lowest BCUT2D eigenvalue weighted by molar-refractivity contribution is 0.0430. The lowest BCUT2D eigenvalue weighted by Gasteiger charge is -2.35. The van der Waals surface area contributed by atoms with E-state index in [0.717, 1.165) is 38.1 Å². The van der Waals surface area contributed by atoms with Crippen LogP contribution in [0.5, 0.6) is 0 Å². The predicted octanol–water partition coefficient (Wildman–Crippen LogP) is 2.04. The molecule has 1 atom stereocenters. The van der Waals surface area contributed by atoms with Crippen LogP contribution >= 0.6 is 0 Å². The number of nitrogens with zero attached hydrogens (tertiary/aromatic N) is 2. The second-order valence-electron chi connectivity index (χ2n) is 5.95. The van der Waals surface area contributed by atoms with Crippen LogP contribution in [0.15, 0.2) is 12.1 Å². The van der Waals surface area contributed by atoms with E-state index in [1.807, 2.05) is 0 Å². The molecule has 3 rings (SSSR count). The summed E-state index contributed by atoms with van der Waals surface area (Å²) in [5.74, 6) is -4.91. The number of carbonyl (C=O) groups is 1. The van der Waals surface area contributed by atoms with Gasteiger partial charge in [0.25, 0.3) is 5.91 Å². The van der Waals surface area contributed by atoms with Gasteiger partial charge in [-0.3, -0.25) is 9.69 Å². The molecule has 0 N–H and O–H groups in total. The Morgan fingerprint density at radius 3 is 2.52 bits per heavy atom. The fraction of sp³-hybridized carbons (Fsp3) is 0.562. The Bertz CT molecular complexity index is 583. The van der Waals surface area contributed by atoms with Crippen molar-refractivity contribution in [2.75, 3.05) is 39.3 Å². The van der Waals surface area contributed by atoms with E-state index in [9.17, 15) is 18.0 Å². The summed E-state index contributed by atoms with van der Waals surface area (Å²) in [5.41, 5.74) is -0.420. The third kappa shape index (κ3) is 3.50. The van der Waals surface area contributed by atoms with E-state index in [1.54, 1.807) is 0 Å². The van der Waals surface area contributed by atoms with E-state index >= 15 is 0 Å². The molecule has 7 heteroatoms. The number of piperazine rings is 1. The minimum atomic E-state index is -1.60. The molecule has 1 aromatic rings. The van der Waals surface area contributed by atoms with Crippen molar-refractivity contribution in [1.29, 1.82) is 0 Å². The van der Waals surface area contributed by atoms with E-state index < -0.39 is 28.9 Å². The molecule has 1 amide bonds. The lowest BCUT2D eigenvalue weighted by atomic mass is 10.1. The van der Waals surface area contributed by atoms with Gasteiger partial charge in [0.1, 0.15) is 0 Å². The normalized spacial score (nSPS) is 22.6. The topological polar surface area (TPSA) is 32.8 Å². The summed E-state index contributed by atoms with van der Waals surface area (Å²) in [6.07, 6.45) is 2.39. The maximum absolute atomic E-state index is 13.7. The summed E-state index contributed by atoms with van der Waals surface area (Å²) in [6.45, 7) is 3.84. The molecule has 0 radical (unpaired) electrons. The van der Waals surface area contributed by atoms with Crippen LogP contribution in [0, 0.1) is 17.5 Å². The number of hydrogen-bond acceptors (Lipinski definition) is 3. The number of carbonyl (C=O) groups excluding carboxylic acids is 1.